The maximum atomic E-state index is 12.8. The molecule has 1 atom stereocenters. The zero-order valence-electron chi connectivity index (χ0n) is 14.4. The quantitative estimate of drug-likeness (QED) is 0.736. The van der Waals surface area contributed by atoms with Crippen LogP contribution in [0.5, 0.6) is 0 Å². The molecule has 130 valence electrons. The number of aromatic nitrogens is 1. The molecule has 0 spiro atoms. The first-order chi connectivity index (χ1) is 12.5. The Morgan fingerprint density at radius 3 is 2.23 bits per heavy atom. The third-order valence-corrected chi connectivity index (χ3v) is 4.65. The molecule has 6 nitrogen and oxygen atoms in total. The van der Waals surface area contributed by atoms with Crippen molar-refractivity contribution in [1.82, 2.24) is 15.0 Å². The topological polar surface area (TPSA) is 71.4 Å². The van der Waals surface area contributed by atoms with Crippen LogP contribution < -0.4 is 5.43 Å². The minimum absolute atomic E-state index is 0.207. The fraction of sp³-hybridized carbons (Fsp3) is 0.150. The molecule has 4 rings (SSSR count). The van der Waals surface area contributed by atoms with Gasteiger partial charge in [0.25, 0.3) is 5.91 Å². The zero-order chi connectivity index (χ0) is 18.4. The molecule has 1 unspecified atom stereocenters. The van der Waals surface area contributed by atoms with Crippen molar-refractivity contribution in [2.24, 2.45) is 0 Å². The number of hydrazine groups is 1. The van der Waals surface area contributed by atoms with Crippen LogP contribution in [0.1, 0.15) is 46.3 Å². The van der Waals surface area contributed by atoms with Gasteiger partial charge in [0.15, 0.2) is 0 Å². The van der Waals surface area contributed by atoms with Crippen LogP contribution in [0.2, 0.25) is 0 Å². The summed E-state index contributed by atoms with van der Waals surface area (Å²) in [5.74, 6) is -0.904. The van der Waals surface area contributed by atoms with Crippen molar-refractivity contribution >= 4 is 28.6 Å². The van der Waals surface area contributed by atoms with E-state index in [4.69, 9.17) is 0 Å². The summed E-state index contributed by atoms with van der Waals surface area (Å²) in [4.78, 5) is 37.5. The van der Waals surface area contributed by atoms with Gasteiger partial charge in [-0.15, -0.1) is 0 Å². The summed E-state index contributed by atoms with van der Waals surface area (Å²) in [7, 11) is 0. The highest BCUT2D eigenvalue weighted by molar-refractivity contribution is 6.12. The Morgan fingerprint density at radius 2 is 1.58 bits per heavy atom. The average molecular weight is 347 g/mol. The van der Waals surface area contributed by atoms with Crippen molar-refractivity contribution in [3.05, 3.63) is 71.4 Å². The molecule has 6 heteroatoms. The number of amides is 2. The van der Waals surface area contributed by atoms with Crippen LogP contribution in [-0.4, -0.2) is 27.3 Å². The highest BCUT2D eigenvalue weighted by Gasteiger charge is 2.40. The molecule has 2 amide bonds. The zero-order valence-corrected chi connectivity index (χ0v) is 14.4. The molecule has 3 aromatic rings. The summed E-state index contributed by atoms with van der Waals surface area (Å²) < 4.78 is 1.54. The number of hydrogen-bond acceptors (Lipinski definition) is 3. The lowest BCUT2D eigenvalue weighted by Crippen LogP contribution is -2.52. The second-order valence-electron chi connectivity index (χ2n) is 6.27. The summed E-state index contributed by atoms with van der Waals surface area (Å²) in [6, 6.07) is 16.1. The summed E-state index contributed by atoms with van der Waals surface area (Å²) in [6.07, 6.45) is 0. The van der Waals surface area contributed by atoms with Crippen molar-refractivity contribution in [3.8, 4) is 0 Å². The third kappa shape index (κ3) is 2.23. The Balaban J connectivity index is 2.12. The number of hydrogen-bond donors (Lipinski definition) is 1. The molecular formula is C20H17N3O3. The van der Waals surface area contributed by atoms with E-state index in [9.17, 15) is 14.4 Å². The fourth-order valence-electron chi connectivity index (χ4n) is 3.65. The summed E-state index contributed by atoms with van der Waals surface area (Å²) >= 11 is 0. The van der Waals surface area contributed by atoms with Gasteiger partial charge in [0.05, 0.1) is 16.8 Å². The van der Waals surface area contributed by atoms with Gasteiger partial charge in [-0.3, -0.25) is 24.4 Å². The minimum atomic E-state index is -0.585. The van der Waals surface area contributed by atoms with Crippen LogP contribution >= 0.6 is 0 Å². The molecule has 0 saturated carbocycles. The molecule has 0 bridgehead atoms. The summed E-state index contributed by atoms with van der Waals surface area (Å²) in [6.45, 7) is 2.85. The summed E-state index contributed by atoms with van der Waals surface area (Å²) in [5.41, 5.74) is 5.11. The van der Waals surface area contributed by atoms with E-state index in [0.717, 1.165) is 5.56 Å². The van der Waals surface area contributed by atoms with Gasteiger partial charge in [-0.2, -0.15) is 0 Å². The van der Waals surface area contributed by atoms with Gasteiger partial charge in [-0.25, -0.2) is 5.01 Å². The van der Waals surface area contributed by atoms with Crippen molar-refractivity contribution in [2.45, 2.75) is 19.9 Å². The number of nitrogens with one attached hydrogen (secondary N) is 1. The molecule has 1 N–H and O–H groups in total. The van der Waals surface area contributed by atoms with Gasteiger partial charge >= 0.3 is 0 Å². The number of para-hydroxylation sites is 1. The lowest BCUT2D eigenvalue weighted by molar-refractivity contribution is -0.133. The number of carbonyl (C=O) groups is 3. The predicted octanol–water partition coefficient (Wildman–Crippen LogP) is 2.90. The Kier molecular flexibility index (Phi) is 3.61. The van der Waals surface area contributed by atoms with Crippen molar-refractivity contribution in [1.29, 1.82) is 0 Å². The van der Waals surface area contributed by atoms with Gasteiger partial charge in [-0.05, 0) is 11.6 Å². The molecule has 0 radical (unpaired) electrons. The largest absolute Gasteiger partial charge is 0.281 e. The first-order valence-electron chi connectivity index (χ1n) is 8.30. The molecule has 2 heterocycles. The van der Waals surface area contributed by atoms with Crippen LogP contribution in [0.3, 0.4) is 0 Å². The number of fused-ring (bicyclic) bond motifs is 3. The van der Waals surface area contributed by atoms with Crippen LogP contribution in [0.15, 0.2) is 54.6 Å². The number of nitrogens with zero attached hydrogens (tertiary/aromatic N) is 2. The van der Waals surface area contributed by atoms with E-state index in [0.29, 0.717) is 22.2 Å². The summed E-state index contributed by atoms with van der Waals surface area (Å²) in [5, 5.41) is 1.98. The van der Waals surface area contributed by atoms with Gasteiger partial charge < -0.3 is 0 Å². The normalized spacial score (nSPS) is 16.3. The molecule has 1 aliphatic heterocycles. The number of carbonyl (C=O) groups excluding carboxylic acids is 3. The molecule has 1 aliphatic rings. The van der Waals surface area contributed by atoms with Gasteiger partial charge in [-0.1, -0.05) is 48.5 Å². The van der Waals surface area contributed by atoms with E-state index in [1.54, 1.807) is 0 Å². The van der Waals surface area contributed by atoms with E-state index in [1.807, 2.05) is 54.6 Å². The Morgan fingerprint density at radius 1 is 0.923 bits per heavy atom. The van der Waals surface area contributed by atoms with Crippen LogP contribution in [0, 0.1) is 0 Å². The van der Waals surface area contributed by atoms with E-state index < -0.39 is 11.9 Å². The van der Waals surface area contributed by atoms with Crippen molar-refractivity contribution in [3.63, 3.8) is 0 Å². The monoisotopic (exact) mass is 347 g/mol. The SMILES string of the molecule is CC(=O)N1NC(=O)c2c(n(C(C)=O)c3ccccc23)C1c1ccccc1. The van der Waals surface area contributed by atoms with Crippen LogP contribution in [-0.2, 0) is 4.79 Å². The third-order valence-electron chi connectivity index (χ3n) is 4.65. The lowest BCUT2D eigenvalue weighted by Gasteiger charge is -2.36. The van der Waals surface area contributed by atoms with Gasteiger partial charge in [0.2, 0.25) is 11.8 Å². The number of rotatable bonds is 1. The first-order valence-corrected chi connectivity index (χ1v) is 8.30. The first kappa shape index (κ1) is 16.1. The average Bonchev–Trinajstić information content (AvgIpc) is 2.98. The lowest BCUT2D eigenvalue weighted by atomic mass is 9.96. The molecule has 2 aromatic carbocycles. The van der Waals surface area contributed by atoms with Crippen LogP contribution in [0.4, 0.5) is 0 Å². The smallest absolute Gasteiger partial charge is 0.272 e. The molecule has 1 aromatic heterocycles. The van der Waals surface area contributed by atoms with Gasteiger partial charge in [0.1, 0.15) is 6.04 Å². The second kappa shape index (κ2) is 5.84. The standard InChI is InChI=1S/C20H17N3O3/c1-12(24)22-16-11-7-6-10-15(16)17-19(22)18(14-8-4-3-5-9-14)23(13(2)25)21-20(17)26/h3-11,18H,1-2H3,(H,21,26). The maximum Gasteiger partial charge on any atom is 0.272 e. The Bertz CT molecular complexity index is 1020. The molecule has 0 fully saturated rings. The molecule has 26 heavy (non-hydrogen) atoms. The fourth-order valence-corrected chi connectivity index (χ4v) is 3.65. The molecular weight excluding hydrogens is 330 g/mol. The van der Waals surface area contributed by atoms with Crippen LogP contribution in [0.25, 0.3) is 10.9 Å². The highest BCUT2D eigenvalue weighted by Crippen LogP contribution is 2.39. The molecule has 0 saturated heterocycles. The van der Waals surface area contributed by atoms with E-state index in [2.05, 4.69) is 5.43 Å². The van der Waals surface area contributed by atoms with E-state index in [-0.39, 0.29) is 11.8 Å². The Labute approximate surface area is 150 Å². The predicted molar refractivity (Wildman–Crippen MR) is 96.5 cm³/mol. The van der Waals surface area contributed by atoms with E-state index >= 15 is 0 Å². The van der Waals surface area contributed by atoms with Crippen molar-refractivity contribution in [2.75, 3.05) is 0 Å². The number of benzene rings is 2. The second-order valence-corrected chi connectivity index (χ2v) is 6.27. The van der Waals surface area contributed by atoms with Gasteiger partial charge in [0, 0.05) is 19.2 Å². The molecule has 0 aliphatic carbocycles. The minimum Gasteiger partial charge on any atom is -0.281 e. The maximum absolute atomic E-state index is 12.8. The Hall–Kier alpha value is -3.41. The highest BCUT2D eigenvalue weighted by atomic mass is 16.2. The van der Waals surface area contributed by atoms with Crippen molar-refractivity contribution < 1.29 is 14.4 Å². The van der Waals surface area contributed by atoms with E-state index in [1.165, 1.54) is 23.4 Å².